The van der Waals surface area contributed by atoms with E-state index in [0.717, 1.165) is 12.8 Å². The molecule has 0 aromatic carbocycles. The summed E-state index contributed by atoms with van der Waals surface area (Å²) in [5, 5.41) is 2.97. The van der Waals surface area contributed by atoms with Crippen molar-refractivity contribution in [1.29, 1.82) is 0 Å². The lowest BCUT2D eigenvalue weighted by molar-refractivity contribution is -0.123. The zero-order valence-electron chi connectivity index (χ0n) is 13.2. The van der Waals surface area contributed by atoms with Crippen molar-refractivity contribution >= 4 is 5.91 Å². The molecule has 0 aliphatic carbocycles. The van der Waals surface area contributed by atoms with E-state index in [1.165, 1.54) is 0 Å². The number of carbonyl (C=O) groups excluding carboxylic acids is 1. The summed E-state index contributed by atoms with van der Waals surface area (Å²) in [6, 6.07) is 0.0839. The largest absolute Gasteiger partial charge is 0.378 e. The van der Waals surface area contributed by atoms with Crippen molar-refractivity contribution in [1.82, 2.24) is 5.32 Å². The zero-order chi connectivity index (χ0) is 14.8. The summed E-state index contributed by atoms with van der Waals surface area (Å²) in [5.41, 5.74) is 5.66. The van der Waals surface area contributed by atoms with Crippen LogP contribution in [0, 0.1) is 11.8 Å². The number of carbonyl (C=O) groups is 1. The molecule has 3 N–H and O–H groups in total. The number of rotatable bonds is 10. The molecule has 0 aromatic rings. The monoisotopic (exact) mass is 272 g/mol. The lowest BCUT2D eigenvalue weighted by Gasteiger charge is -2.19. The van der Waals surface area contributed by atoms with E-state index < -0.39 is 0 Å². The van der Waals surface area contributed by atoms with Crippen LogP contribution in [0.4, 0.5) is 0 Å². The van der Waals surface area contributed by atoms with Crippen LogP contribution in [0.1, 0.15) is 53.9 Å². The van der Waals surface area contributed by atoms with E-state index >= 15 is 0 Å². The minimum absolute atomic E-state index is 0.0350. The number of hydrogen-bond donors (Lipinski definition) is 2. The van der Waals surface area contributed by atoms with Gasteiger partial charge < -0.3 is 15.8 Å². The zero-order valence-corrected chi connectivity index (χ0v) is 13.2. The van der Waals surface area contributed by atoms with Gasteiger partial charge in [0, 0.05) is 19.0 Å². The first-order valence-electron chi connectivity index (χ1n) is 7.46. The molecule has 0 aliphatic heterocycles. The molecule has 0 bridgehead atoms. The minimum atomic E-state index is 0.0350. The van der Waals surface area contributed by atoms with E-state index in [1.54, 1.807) is 0 Å². The van der Waals surface area contributed by atoms with Crippen LogP contribution in [-0.2, 0) is 9.53 Å². The first-order valence-corrected chi connectivity index (χ1v) is 7.46. The Morgan fingerprint density at radius 1 is 1.11 bits per heavy atom. The second kappa shape index (κ2) is 10.2. The van der Waals surface area contributed by atoms with Crippen LogP contribution in [-0.4, -0.2) is 31.2 Å². The SMILES string of the molecule is CC(C)CC(CN)NC(=O)CCOC(C)CC(C)C. The van der Waals surface area contributed by atoms with Crippen molar-refractivity contribution in [2.75, 3.05) is 13.2 Å². The first kappa shape index (κ1) is 18.4. The molecule has 1 amide bonds. The normalized spacial score (nSPS) is 14.7. The Bertz CT molecular complexity index is 242. The predicted octanol–water partition coefficient (Wildman–Crippen LogP) is 2.32. The number of hydrogen-bond acceptors (Lipinski definition) is 3. The third-order valence-corrected chi connectivity index (χ3v) is 2.94. The van der Waals surface area contributed by atoms with E-state index in [9.17, 15) is 4.79 Å². The predicted molar refractivity (Wildman–Crippen MR) is 79.9 cm³/mol. The van der Waals surface area contributed by atoms with Gasteiger partial charge in [0.15, 0.2) is 0 Å². The van der Waals surface area contributed by atoms with Gasteiger partial charge in [-0.15, -0.1) is 0 Å². The van der Waals surface area contributed by atoms with Gasteiger partial charge in [0.2, 0.25) is 5.91 Å². The molecular formula is C15H32N2O2. The molecule has 4 nitrogen and oxygen atoms in total. The average molecular weight is 272 g/mol. The molecular weight excluding hydrogens is 240 g/mol. The summed E-state index contributed by atoms with van der Waals surface area (Å²) in [5.74, 6) is 1.19. The van der Waals surface area contributed by atoms with Crippen molar-refractivity contribution < 1.29 is 9.53 Å². The summed E-state index contributed by atoms with van der Waals surface area (Å²) < 4.78 is 5.63. The molecule has 0 aliphatic rings. The topological polar surface area (TPSA) is 64.3 Å². The van der Waals surface area contributed by atoms with E-state index in [4.69, 9.17) is 10.5 Å². The maximum atomic E-state index is 11.8. The summed E-state index contributed by atoms with van der Waals surface area (Å²) in [6.07, 6.45) is 2.58. The van der Waals surface area contributed by atoms with Crippen LogP contribution < -0.4 is 11.1 Å². The van der Waals surface area contributed by atoms with Gasteiger partial charge in [-0.2, -0.15) is 0 Å². The lowest BCUT2D eigenvalue weighted by atomic mass is 10.0. The van der Waals surface area contributed by atoms with Crippen molar-refractivity contribution in [3.05, 3.63) is 0 Å². The number of nitrogens with two attached hydrogens (primary N) is 1. The maximum absolute atomic E-state index is 11.8. The van der Waals surface area contributed by atoms with E-state index in [1.807, 2.05) is 0 Å². The first-order chi connectivity index (χ1) is 8.85. The molecule has 2 atom stereocenters. The van der Waals surface area contributed by atoms with Crippen LogP contribution in [0.2, 0.25) is 0 Å². The van der Waals surface area contributed by atoms with Crippen LogP contribution in [0.15, 0.2) is 0 Å². The van der Waals surface area contributed by atoms with Gasteiger partial charge >= 0.3 is 0 Å². The van der Waals surface area contributed by atoms with Gasteiger partial charge in [0.25, 0.3) is 0 Å². The molecule has 0 radical (unpaired) electrons. The molecule has 0 heterocycles. The Morgan fingerprint density at radius 2 is 1.68 bits per heavy atom. The number of amides is 1. The highest BCUT2D eigenvalue weighted by Gasteiger charge is 2.13. The minimum Gasteiger partial charge on any atom is -0.378 e. The molecule has 0 saturated heterocycles. The fourth-order valence-corrected chi connectivity index (χ4v) is 2.17. The van der Waals surface area contributed by atoms with Crippen molar-refractivity contribution in [3.8, 4) is 0 Å². The standard InChI is InChI=1S/C15H32N2O2/c1-11(2)8-13(5)19-7-6-15(18)17-14(10-16)9-12(3)4/h11-14H,6-10,16H2,1-5H3,(H,17,18). The summed E-state index contributed by atoms with van der Waals surface area (Å²) in [6.45, 7) is 11.6. The smallest absolute Gasteiger partial charge is 0.222 e. The van der Waals surface area contributed by atoms with E-state index in [-0.39, 0.29) is 18.1 Å². The second-order valence-corrected chi connectivity index (χ2v) is 6.19. The summed E-state index contributed by atoms with van der Waals surface area (Å²) in [7, 11) is 0. The lowest BCUT2D eigenvalue weighted by Crippen LogP contribution is -2.41. The van der Waals surface area contributed by atoms with Crippen LogP contribution in [0.25, 0.3) is 0 Å². The number of ether oxygens (including phenoxy) is 1. The van der Waals surface area contributed by atoms with E-state index in [2.05, 4.69) is 39.9 Å². The highest BCUT2D eigenvalue weighted by molar-refractivity contribution is 5.76. The molecule has 0 saturated carbocycles. The van der Waals surface area contributed by atoms with Gasteiger partial charge in [0.05, 0.1) is 12.7 Å². The Hall–Kier alpha value is -0.610. The highest BCUT2D eigenvalue weighted by atomic mass is 16.5. The Balaban J connectivity index is 3.79. The highest BCUT2D eigenvalue weighted by Crippen LogP contribution is 2.08. The molecule has 4 heteroatoms. The van der Waals surface area contributed by atoms with Gasteiger partial charge in [-0.1, -0.05) is 27.7 Å². The number of nitrogens with one attached hydrogen (secondary N) is 1. The molecule has 0 fully saturated rings. The van der Waals surface area contributed by atoms with Gasteiger partial charge in [-0.05, 0) is 31.6 Å². The molecule has 114 valence electrons. The third-order valence-electron chi connectivity index (χ3n) is 2.94. The van der Waals surface area contributed by atoms with Crippen molar-refractivity contribution in [2.24, 2.45) is 17.6 Å². The maximum Gasteiger partial charge on any atom is 0.222 e. The van der Waals surface area contributed by atoms with Crippen LogP contribution in [0.3, 0.4) is 0 Å². The van der Waals surface area contributed by atoms with E-state index in [0.29, 0.717) is 31.4 Å². The van der Waals surface area contributed by atoms with Crippen LogP contribution >= 0.6 is 0 Å². The molecule has 0 aromatic heterocycles. The Labute approximate surface area is 118 Å². The Kier molecular flexibility index (Phi) is 9.88. The summed E-state index contributed by atoms with van der Waals surface area (Å²) in [4.78, 5) is 11.8. The summed E-state index contributed by atoms with van der Waals surface area (Å²) >= 11 is 0. The van der Waals surface area contributed by atoms with Gasteiger partial charge in [0.1, 0.15) is 0 Å². The molecule has 19 heavy (non-hydrogen) atoms. The van der Waals surface area contributed by atoms with Gasteiger partial charge in [-0.25, -0.2) is 0 Å². The van der Waals surface area contributed by atoms with Crippen molar-refractivity contribution in [2.45, 2.75) is 66.0 Å². The quantitative estimate of drug-likeness (QED) is 0.641. The Morgan fingerprint density at radius 3 is 2.16 bits per heavy atom. The molecule has 0 spiro atoms. The average Bonchev–Trinajstić information content (AvgIpc) is 2.26. The fraction of sp³-hybridized carbons (Fsp3) is 0.933. The van der Waals surface area contributed by atoms with Gasteiger partial charge in [-0.3, -0.25) is 4.79 Å². The van der Waals surface area contributed by atoms with Crippen LogP contribution in [0.5, 0.6) is 0 Å². The molecule has 2 unspecified atom stereocenters. The van der Waals surface area contributed by atoms with Crippen molar-refractivity contribution in [3.63, 3.8) is 0 Å². The molecule has 0 rings (SSSR count). The third kappa shape index (κ3) is 11.0. The fourth-order valence-electron chi connectivity index (χ4n) is 2.17. The second-order valence-electron chi connectivity index (χ2n) is 6.19.